The molecule has 0 radical (unpaired) electrons. The Morgan fingerprint density at radius 2 is 2.15 bits per heavy atom. The van der Waals surface area contributed by atoms with E-state index in [1.807, 2.05) is 19.2 Å². The number of benzene rings is 1. The van der Waals surface area contributed by atoms with Crippen LogP contribution in [0.4, 0.5) is 0 Å². The number of nitrogens with zero attached hydrogens (tertiary/aromatic N) is 2. The Balaban J connectivity index is 2.12. The molecule has 1 aliphatic carbocycles. The summed E-state index contributed by atoms with van der Waals surface area (Å²) in [4.78, 5) is 16.2. The summed E-state index contributed by atoms with van der Waals surface area (Å²) in [5, 5.41) is 9.45. The molecule has 0 spiro atoms. The molecule has 4 nitrogen and oxygen atoms in total. The van der Waals surface area contributed by atoms with E-state index in [2.05, 4.69) is 24.5 Å². The minimum atomic E-state index is -0.692. The maximum atomic E-state index is 11.5. The molecule has 3 rings (SSSR count). The second-order valence-electron chi connectivity index (χ2n) is 6.10. The zero-order valence-electron chi connectivity index (χ0n) is 12.1. The number of para-hydroxylation sites is 1. The van der Waals surface area contributed by atoms with Crippen LogP contribution in [0, 0.1) is 18.8 Å². The van der Waals surface area contributed by atoms with E-state index >= 15 is 0 Å². The van der Waals surface area contributed by atoms with E-state index in [1.165, 1.54) is 5.56 Å². The van der Waals surface area contributed by atoms with Crippen LogP contribution < -0.4 is 0 Å². The minimum Gasteiger partial charge on any atom is -0.481 e. The summed E-state index contributed by atoms with van der Waals surface area (Å²) in [5.41, 5.74) is 3.26. The third kappa shape index (κ3) is 1.90. The second-order valence-corrected chi connectivity index (χ2v) is 6.10. The molecular formula is C16H20N2O2. The van der Waals surface area contributed by atoms with Gasteiger partial charge in [0.25, 0.3) is 0 Å². The van der Waals surface area contributed by atoms with Gasteiger partial charge in [0.1, 0.15) is 5.82 Å². The molecule has 1 heterocycles. The Labute approximate surface area is 118 Å². The van der Waals surface area contributed by atoms with Crippen molar-refractivity contribution in [3.63, 3.8) is 0 Å². The summed E-state index contributed by atoms with van der Waals surface area (Å²) < 4.78 is 2.09. The van der Waals surface area contributed by atoms with E-state index in [4.69, 9.17) is 4.98 Å². The summed E-state index contributed by atoms with van der Waals surface area (Å²) in [7, 11) is 2.00. The van der Waals surface area contributed by atoms with Crippen molar-refractivity contribution < 1.29 is 9.90 Å². The molecule has 4 heteroatoms. The number of rotatable bonds is 2. The molecule has 1 N–H and O–H groups in total. The van der Waals surface area contributed by atoms with Crippen molar-refractivity contribution in [3.8, 4) is 0 Å². The molecule has 0 bridgehead atoms. The lowest BCUT2D eigenvalue weighted by Crippen LogP contribution is -2.19. The first kappa shape index (κ1) is 13.2. The molecule has 1 aromatic heterocycles. The summed E-state index contributed by atoms with van der Waals surface area (Å²) in [6.45, 7) is 4.20. The predicted octanol–water partition coefficient (Wildman–Crippen LogP) is 3.10. The highest BCUT2D eigenvalue weighted by molar-refractivity contribution is 5.80. The number of hydrogen-bond acceptors (Lipinski definition) is 2. The molecule has 106 valence electrons. The van der Waals surface area contributed by atoms with Crippen LogP contribution in [0.3, 0.4) is 0 Å². The topological polar surface area (TPSA) is 55.1 Å². The van der Waals surface area contributed by atoms with E-state index in [0.717, 1.165) is 29.7 Å². The number of aryl methyl sites for hydroxylation is 2. The van der Waals surface area contributed by atoms with Crippen LogP contribution in [0.1, 0.15) is 37.1 Å². The Morgan fingerprint density at radius 3 is 2.80 bits per heavy atom. The Hall–Kier alpha value is -1.84. The number of aliphatic carboxylic acids is 1. The normalized spacial score (nSPS) is 26.2. The third-order valence-electron chi connectivity index (χ3n) is 4.58. The molecule has 0 amide bonds. The van der Waals surface area contributed by atoms with E-state index < -0.39 is 5.97 Å². The van der Waals surface area contributed by atoms with Gasteiger partial charge in [0.15, 0.2) is 0 Å². The fourth-order valence-electron chi connectivity index (χ4n) is 3.66. The first-order valence-electron chi connectivity index (χ1n) is 7.13. The maximum absolute atomic E-state index is 11.5. The van der Waals surface area contributed by atoms with E-state index in [0.29, 0.717) is 5.92 Å². The molecule has 3 atom stereocenters. The lowest BCUT2D eigenvalue weighted by molar-refractivity contribution is -0.142. The molecule has 1 aliphatic rings. The van der Waals surface area contributed by atoms with Gasteiger partial charge >= 0.3 is 5.97 Å². The largest absolute Gasteiger partial charge is 0.481 e. The monoisotopic (exact) mass is 272 g/mol. The van der Waals surface area contributed by atoms with E-state index in [9.17, 15) is 9.90 Å². The highest BCUT2D eigenvalue weighted by Gasteiger charge is 2.40. The maximum Gasteiger partial charge on any atom is 0.307 e. The molecule has 3 unspecified atom stereocenters. The number of carboxylic acids is 1. The second kappa shape index (κ2) is 4.62. The SMILES string of the molecule is Cc1cccc2nc(C3CC(C)CC3C(=O)O)n(C)c12. The molecule has 1 fully saturated rings. The zero-order valence-corrected chi connectivity index (χ0v) is 12.1. The molecule has 0 saturated heterocycles. The van der Waals surface area contributed by atoms with Gasteiger partial charge in [-0.1, -0.05) is 19.1 Å². The van der Waals surface area contributed by atoms with Crippen LogP contribution in [-0.4, -0.2) is 20.6 Å². The van der Waals surface area contributed by atoms with Gasteiger partial charge in [-0.25, -0.2) is 4.98 Å². The fourth-order valence-corrected chi connectivity index (χ4v) is 3.66. The van der Waals surface area contributed by atoms with Crippen molar-refractivity contribution in [1.82, 2.24) is 9.55 Å². The van der Waals surface area contributed by atoms with Crippen LogP contribution in [0.15, 0.2) is 18.2 Å². The van der Waals surface area contributed by atoms with Crippen LogP contribution in [-0.2, 0) is 11.8 Å². The smallest absolute Gasteiger partial charge is 0.307 e. The molecule has 0 aliphatic heterocycles. The lowest BCUT2D eigenvalue weighted by atomic mass is 9.95. The average molecular weight is 272 g/mol. The first-order valence-corrected chi connectivity index (χ1v) is 7.13. The molecule has 1 aromatic carbocycles. The van der Waals surface area contributed by atoms with E-state index in [-0.39, 0.29) is 11.8 Å². The van der Waals surface area contributed by atoms with Crippen molar-refractivity contribution in [1.29, 1.82) is 0 Å². The van der Waals surface area contributed by atoms with Gasteiger partial charge < -0.3 is 9.67 Å². The van der Waals surface area contributed by atoms with Crippen LogP contribution in [0.25, 0.3) is 11.0 Å². The van der Waals surface area contributed by atoms with Crippen LogP contribution in [0.2, 0.25) is 0 Å². The lowest BCUT2D eigenvalue weighted by Gasteiger charge is -2.15. The summed E-state index contributed by atoms with van der Waals surface area (Å²) in [5.74, 6) is 0.399. The van der Waals surface area contributed by atoms with Crippen LogP contribution >= 0.6 is 0 Å². The van der Waals surface area contributed by atoms with Gasteiger partial charge in [-0.05, 0) is 37.3 Å². The van der Waals surface area contributed by atoms with Gasteiger partial charge in [-0.3, -0.25) is 4.79 Å². The van der Waals surface area contributed by atoms with Gasteiger partial charge in [0.05, 0.1) is 17.0 Å². The number of imidazole rings is 1. The van der Waals surface area contributed by atoms with E-state index in [1.54, 1.807) is 0 Å². The first-order chi connectivity index (χ1) is 9.49. The van der Waals surface area contributed by atoms with Crippen molar-refractivity contribution in [3.05, 3.63) is 29.6 Å². The van der Waals surface area contributed by atoms with Gasteiger partial charge in [-0.15, -0.1) is 0 Å². The van der Waals surface area contributed by atoms with Crippen molar-refractivity contribution in [2.45, 2.75) is 32.6 Å². The molecule has 2 aromatic rings. The fraction of sp³-hybridized carbons (Fsp3) is 0.500. The van der Waals surface area contributed by atoms with Crippen molar-refractivity contribution >= 4 is 17.0 Å². The molecule has 1 saturated carbocycles. The average Bonchev–Trinajstić information content (AvgIpc) is 2.91. The van der Waals surface area contributed by atoms with Gasteiger partial charge in [0, 0.05) is 13.0 Å². The number of hydrogen-bond donors (Lipinski definition) is 1. The third-order valence-corrected chi connectivity index (χ3v) is 4.58. The van der Waals surface area contributed by atoms with Gasteiger partial charge in [0.2, 0.25) is 0 Å². The summed E-state index contributed by atoms with van der Waals surface area (Å²) in [6.07, 6.45) is 1.66. The Bertz CT molecular complexity index is 674. The van der Waals surface area contributed by atoms with Crippen molar-refractivity contribution in [2.75, 3.05) is 0 Å². The number of fused-ring (bicyclic) bond motifs is 1. The zero-order chi connectivity index (χ0) is 14.4. The molecule has 20 heavy (non-hydrogen) atoms. The van der Waals surface area contributed by atoms with Crippen LogP contribution in [0.5, 0.6) is 0 Å². The summed E-state index contributed by atoms with van der Waals surface area (Å²) >= 11 is 0. The number of aromatic nitrogens is 2. The Morgan fingerprint density at radius 1 is 1.40 bits per heavy atom. The highest BCUT2D eigenvalue weighted by Crippen LogP contribution is 2.43. The minimum absolute atomic E-state index is 0.0271. The summed E-state index contributed by atoms with van der Waals surface area (Å²) in [6, 6.07) is 6.07. The quantitative estimate of drug-likeness (QED) is 0.914. The number of carbonyl (C=O) groups is 1. The predicted molar refractivity (Wildman–Crippen MR) is 77.7 cm³/mol. The van der Waals surface area contributed by atoms with Crippen molar-refractivity contribution in [2.24, 2.45) is 18.9 Å². The molecular weight excluding hydrogens is 252 g/mol. The van der Waals surface area contributed by atoms with Gasteiger partial charge in [-0.2, -0.15) is 0 Å². The standard InChI is InChI=1S/C16H20N2O2/c1-9-7-11(12(8-9)16(19)20)15-17-13-6-4-5-10(2)14(13)18(15)3/h4-6,9,11-12H,7-8H2,1-3H3,(H,19,20). The number of carboxylic acid groups (broad SMARTS) is 1. The Kier molecular flexibility index (Phi) is 3.04. The highest BCUT2D eigenvalue weighted by atomic mass is 16.4.